The standard InChI is InChI=1S/C25H29NO5/c27-25(19-8-10-21(11-9-19)29-16-22-6-3-13-28-22)26(20-4-1-2-5-20)15-18-7-12-23-24(14-18)31-17-30-23/h7-12,14,20,22H,1-6,13,15-17H2. The monoisotopic (exact) mass is 423 g/mol. The number of carbonyl (C=O) groups is 1. The summed E-state index contributed by atoms with van der Waals surface area (Å²) in [6, 6.07) is 13.7. The van der Waals surface area contributed by atoms with Gasteiger partial charge in [-0.1, -0.05) is 18.9 Å². The van der Waals surface area contributed by atoms with Crippen molar-refractivity contribution in [3.05, 3.63) is 53.6 Å². The van der Waals surface area contributed by atoms with Gasteiger partial charge in [-0.15, -0.1) is 0 Å². The molecule has 1 atom stereocenters. The molecule has 2 aliphatic heterocycles. The van der Waals surface area contributed by atoms with E-state index in [1.165, 1.54) is 12.8 Å². The SMILES string of the molecule is O=C(c1ccc(OCC2CCCO2)cc1)N(Cc1ccc2c(c1)OCO2)C1CCCC1. The van der Waals surface area contributed by atoms with Crippen LogP contribution >= 0.6 is 0 Å². The molecule has 1 unspecified atom stereocenters. The van der Waals surface area contributed by atoms with Crippen molar-refractivity contribution in [1.82, 2.24) is 4.90 Å². The zero-order chi connectivity index (χ0) is 21.0. The van der Waals surface area contributed by atoms with Crippen molar-refractivity contribution in [2.45, 2.75) is 57.2 Å². The van der Waals surface area contributed by atoms with Crippen LogP contribution in [0.1, 0.15) is 54.4 Å². The largest absolute Gasteiger partial charge is 0.491 e. The Balaban J connectivity index is 1.28. The predicted octanol–water partition coefficient (Wildman–Crippen LogP) is 4.56. The molecule has 0 N–H and O–H groups in total. The van der Waals surface area contributed by atoms with Gasteiger partial charge in [0.05, 0.1) is 6.10 Å². The second-order valence-electron chi connectivity index (χ2n) is 8.53. The van der Waals surface area contributed by atoms with Crippen LogP contribution in [0, 0.1) is 0 Å². The number of hydrogen-bond acceptors (Lipinski definition) is 5. The van der Waals surface area contributed by atoms with Crippen molar-refractivity contribution in [2.75, 3.05) is 20.0 Å². The molecular formula is C25H29NO5. The molecule has 1 aliphatic carbocycles. The van der Waals surface area contributed by atoms with Crippen molar-refractivity contribution in [3.63, 3.8) is 0 Å². The topological polar surface area (TPSA) is 57.2 Å². The first-order chi connectivity index (χ1) is 15.3. The first-order valence-corrected chi connectivity index (χ1v) is 11.3. The van der Waals surface area contributed by atoms with E-state index in [4.69, 9.17) is 18.9 Å². The molecule has 0 aromatic heterocycles. The molecule has 31 heavy (non-hydrogen) atoms. The summed E-state index contributed by atoms with van der Waals surface area (Å²) in [5.41, 5.74) is 1.75. The van der Waals surface area contributed by atoms with Gasteiger partial charge in [-0.3, -0.25) is 4.79 Å². The minimum atomic E-state index is 0.0650. The van der Waals surface area contributed by atoms with Crippen LogP contribution in [-0.4, -0.2) is 43.0 Å². The fourth-order valence-electron chi connectivity index (χ4n) is 4.64. The number of ether oxygens (including phenoxy) is 4. The Kier molecular flexibility index (Phi) is 5.98. The Morgan fingerprint density at radius 3 is 2.55 bits per heavy atom. The zero-order valence-electron chi connectivity index (χ0n) is 17.8. The molecule has 0 bridgehead atoms. The van der Waals surface area contributed by atoms with Gasteiger partial charge in [0.1, 0.15) is 12.4 Å². The van der Waals surface area contributed by atoms with Crippen LogP contribution < -0.4 is 14.2 Å². The number of rotatable bonds is 7. The number of carbonyl (C=O) groups excluding carboxylic acids is 1. The van der Waals surface area contributed by atoms with Crippen molar-refractivity contribution in [1.29, 1.82) is 0 Å². The minimum absolute atomic E-state index is 0.0650. The van der Waals surface area contributed by atoms with Gasteiger partial charge < -0.3 is 23.8 Å². The highest BCUT2D eigenvalue weighted by Gasteiger charge is 2.28. The summed E-state index contributed by atoms with van der Waals surface area (Å²) in [6.07, 6.45) is 6.78. The van der Waals surface area contributed by atoms with Gasteiger partial charge in [0, 0.05) is 24.8 Å². The van der Waals surface area contributed by atoms with Gasteiger partial charge in [0.2, 0.25) is 6.79 Å². The molecule has 1 saturated carbocycles. The van der Waals surface area contributed by atoms with Crippen LogP contribution in [-0.2, 0) is 11.3 Å². The van der Waals surface area contributed by atoms with E-state index in [9.17, 15) is 4.79 Å². The van der Waals surface area contributed by atoms with Gasteiger partial charge >= 0.3 is 0 Å². The molecule has 6 nitrogen and oxygen atoms in total. The van der Waals surface area contributed by atoms with E-state index < -0.39 is 0 Å². The molecule has 3 aliphatic rings. The van der Waals surface area contributed by atoms with E-state index in [1.54, 1.807) is 0 Å². The minimum Gasteiger partial charge on any atom is -0.491 e. The summed E-state index contributed by atoms with van der Waals surface area (Å²) in [7, 11) is 0. The Hall–Kier alpha value is -2.73. The number of nitrogens with zero attached hydrogens (tertiary/aromatic N) is 1. The number of hydrogen-bond donors (Lipinski definition) is 0. The fraction of sp³-hybridized carbons (Fsp3) is 0.480. The van der Waals surface area contributed by atoms with Gasteiger partial charge in [-0.05, 0) is 67.6 Å². The molecule has 2 fully saturated rings. The van der Waals surface area contributed by atoms with Gasteiger partial charge in [-0.25, -0.2) is 0 Å². The maximum Gasteiger partial charge on any atom is 0.254 e. The van der Waals surface area contributed by atoms with E-state index in [0.29, 0.717) is 18.7 Å². The highest BCUT2D eigenvalue weighted by atomic mass is 16.7. The number of fused-ring (bicyclic) bond motifs is 1. The average molecular weight is 424 g/mol. The molecule has 2 aromatic carbocycles. The van der Waals surface area contributed by atoms with Crippen molar-refractivity contribution >= 4 is 5.91 Å². The summed E-state index contributed by atoms with van der Waals surface area (Å²) < 4.78 is 22.4. The van der Waals surface area contributed by atoms with Crippen molar-refractivity contribution in [2.24, 2.45) is 0 Å². The summed E-state index contributed by atoms with van der Waals surface area (Å²) in [5, 5.41) is 0. The highest BCUT2D eigenvalue weighted by Crippen LogP contribution is 2.34. The number of benzene rings is 2. The van der Waals surface area contributed by atoms with Crippen LogP contribution in [0.4, 0.5) is 0 Å². The van der Waals surface area contributed by atoms with Gasteiger partial charge in [-0.2, -0.15) is 0 Å². The normalized spacial score (nSPS) is 20.2. The quantitative estimate of drug-likeness (QED) is 0.654. The molecule has 2 heterocycles. The lowest BCUT2D eigenvalue weighted by molar-refractivity contribution is 0.0660. The molecule has 164 valence electrons. The van der Waals surface area contributed by atoms with Gasteiger partial charge in [0.15, 0.2) is 11.5 Å². The third-order valence-corrected chi connectivity index (χ3v) is 6.38. The number of amides is 1. The smallest absolute Gasteiger partial charge is 0.254 e. The summed E-state index contributed by atoms with van der Waals surface area (Å²) in [6.45, 7) is 2.20. The Morgan fingerprint density at radius 2 is 1.77 bits per heavy atom. The summed E-state index contributed by atoms with van der Waals surface area (Å²) >= 11 is 0. The lowest BCUT2D eigenvalue weighted by Crippen LogP contribution is -2.38. The molecule has 5 rings (SSSR count). The Morgan fingerprint density at radius 1 is 0.968 bits per heavy atom. The van der Waals surface area contributed by atoms with Crippen LogP contribution in [0.3, 0.4) is 0 Å². The average Bonchev–Trinajstić information content (AvgIpc) is 3.58. The highest BCUT2D eigenvalue weighted by molar-refractivity contribution is 5.94. The first kappa shape index (κ1) is 20.2. The molecule has 1 amide bonds. The Bertz CT molecular complexity index is 901. The predicted molar refractivity (Wildman–Crippen MR) is 116 cm³/mol. The van der Waals surface area contributed by atoms with E-state index >= 15 is 0 Å². The van der Waals surface area contributed by atoms with Crippen LogP contribution in [0.25, 0.3) is 0 Å². The van der Waals surface area contributed by atoms with Gasteiger partial charge in [0.25, 0.3) is 5.91 Å². The summed E-state index contributed by atoms with van der Waals surface area (Å²) in [4.78, 5) is 15.5. The molecule has 6 heteroatoms. The molecule has 0 spiro atoms. The van der Waals surface area contributed by atoms with E-state index in [-0.39, 0.29) is 24.8 Å². The van der Waals surface area contributed by atoms with Crippen molar-refractivity contribution in [3.8, 4) is 17.2 Å². The molecule has 2 aromatic rings. The molecule has 1 saturated heterocycles. The van der Waals surface area contributed by atoms with Crippen LogP contribution in [0.15, 0.2) is 42.5 Å². The summed E-state index contributed by atoms with van der Waals surface area (Å²) in [5.74, 6) is 2.36. The molecule has 0 radical (unpaired) electrons. The fourth-order valence-corrected chi connectivity index (χ4v) is 4.64. The zero-order valence-corrected chi connectivity index (χ0v) is 17.8. The maximum absolute atomic E-state index is 13.5. The second kappa shape index (κ2) is 9.18. The lowest BCUT2D eigenvalue weighted by Gasteiger charge is -2.29. The van der Waals surface area contributed by atoms with Crippen molar-refractivity contribution < 1.29 is 23.7 Å². The van der Waals surface area contributed by atoms with E-state index in [2.05, 4.69) is 0 Å². The second-order valence-corrected chi connectivity index (χ2v) is 8.53. The van der Waals surface area contributed by atoms with Crippen LogP contribution in [0.5, 0.6) is 17.2 Å². The molecular weight excluding hydrogens is 394 g/mol. The third-order valence-electron chi connectivity index (χ3n) is 6.38. The maximum atomic E-state index is 13.5. The van der Waals surface area contributed by atoms with E-state index in [0.717, 1.165) is 55.1 Å². The lowest BCUT2D eigenvalue weighted by atomic mass is 10.1. The van der Waals surface area contributed by atoms with Crippen LogP contribution in [0.2, 0.25) is 0 Å². The van der Waals surface area contributed by atoms with E-state index in [1.807, 2.05) is 47.4 Å². The third kappa shape index (κ3) is 4.64. The first-order valence-electron chi connectivity index (χ1n) is 11.3. The Labute approximate surface area is 183 Å².